The van der Waals surface area contributed by atoms with E-state index in [9.17, 15) is 4.79 Å². The molecule has 2 N–H and O–H groups in total. The van der Waals surface area contributed by atoms with Crippen LogP contribution in [0, 0.1) is 23.2 Å². The molecule has 128 valence electrons. The summed E-state index contributed by atoms with van der Waals surface area (Å²) in [5.41, 5.74) is 1.13. The molecule has 1 aromatic carbocycles. The van der Waals surface area contributed by atoms with E-state index in [1.807, 2.05) is 24.3 Å². The highest BCUT2D eigenvalue weighted by atomic mass is 79.9. The first-order valence-electron chi connectivity index (χ1n) is 8.86. The first-order chi connectivity index (χ1) is 11.5. The number of hydrogen-bond donors (Lipinski definition) is 2. The lowest BCUT2D eigenvalue weighted by molar-refractivity contribution is -0.127. The fraction of sp³-hybridized carbons (Fsp3) is 0.579. The van der Waals surface area contributed by atoms with Crippen LogP contribution in [0.3, 0.4) is 0 Å². The van der Waals surface area contributed by atoms with E-state index >= 15 is 0 Å². The molecule has 5 heteroatoms. The predicted molar refractivity (Wildman–Crippen MR) is 104 cm³/mol. The Labute approximate surface area is 157 Å². The van der Waals surface area contributed by atoms with Crippen molar-refractivity contribution in [1.29, 1.82) is 0 Å². The second-order valence-electron chi connectivity index (χ2n) is 8.11. The fourth-order valence-electron chi connectivity index (χ4n) is 5.75. The van der Waals surface area contributed by atoms with Crippen molar-refractivity contribution >= 4 is 44.9 Å². The van der Waals surface area contributed by atoms with Crippen molar-refractivity contribution in [3.8, 4) is 0 Å². The molecule has 0 saturated heterocycles. The molecule has 4 aliphatic carbocycles. The normalized spacial score (nSPS) is 33.3. The number of thiocarbonyl (C=S) groups is 1. The van der Waals surface area contributed by atoms with Gasteiger partial charge in [-0.3, -0.25) is 4.79 Å². The molecule has 4 fully saturated rings. The molecule has 0 heterocycles. The highest BCUT2D eigenvalue weighted by molar-refractivity contribution is 9.10. The van der Waals surface area contributed by atoms with Gasteiger partial charge in [0.15, 0.2) is 5.11 Å². The Kier molecular flexibility index (Phi) is 4.42. The average molecular weight is 407 g/mol. The number of carbonyl (C=O) groups excluding carboxylic acids is 1. The number of anilines is 1. The van der Waals surface area contributed by atoms with E-state index in [2.05, 4.69) is 26.6 Å². The molecular weight excluding hydrogens is 384 g/mol. The van der Waals surface area contributed by atoms with Crippen LogP contribution >= 0.6 is 28.1 Å². The van der Waals surface area contributed by atoms with Crippen molar-refractivity contribution in [2.45, 2.75) is 44.9 Å². The monoisotopic (exact) mass is 406 g/mol. The minimum Gasteiger partial charge on any atom is -0.332 e. The Balaban J connectivity index is 1.34. The number of hydrogen-bond acceptors (Lipinski definition) is 2. The first-order valence-corrected chi connectivity index (χ1v) is 10.1. The molecule has 4 aliphatic rings. The van der Waals surface area contributed by atoms with Crippen LogP contribution in [0.4, 0.5) is 5.69 Å². The summed E-state index contributed by atoms with van der Waals surface area (Å²) in [4.78, 5) is 12.5. The molecule has 3 nitrogen and oxygen atoms in total. The summed E-state index contributed by atoms with van der Waals surface area (Å²) in [6.07, 6.45) is 8.60. The van der Waals surface area contributed by atoms with Gasteiger partial charge in [0.25, 0.3) is 0 Å². The maximum Gasteiger partial charge on any atom is 0.226 e. The number of halogens is 1. The maximum absolute atomic E-state index is 12.5. The first kappa shape index (κ1) is 16.5. The number of benzene rings is 1. The average Bonchev–Trinajstić information content (AvgIpc) is 2.44. The number of rotatable bonds is 3. The van der Waals surface area contributed by atoms with Gasteiger partial charge >= 0.3 is 0 Å². The van der Waals surface area contributed by atoms with E-state index in [4.69, 9.17) is 12.2 Å². The third kappa shape index (κ3) is 3.52. The van der Waals surface area contributed by atoms with Gasteiger partial charge in [-0.25, -0.2) is 0 Å². The summed E-state index contributed by atoms with van der Waals surface area (Å²) in [5.74, 6) is 2.69. The van der Waals surface area contributed by atoms with Crippen LogP contribution in [0.2, 0.25) is 0 Å². The van der Waals surface area contributed by atoms with Gasteiger partial charge in [0.05, 0.1) is 0 Å². The largest absolute Gasteiger partial charge is 0.332 e. The highest BCUT2D eigenvalue weighted by Crippen LogP contribution is 2.61. The standard InChI is InChI=1S/C19H23BrN2OS/c20-15-2-1-3-16(7-15)21-18(24)22-17(23)11-19-8-12-4-13(9-19)6-14(5-12)10-19/h1-3,7,12-14H,4-6,8-11H2,(H2,21,22,23,24). The molecule has 1 amide bonds. The zero-order valence-electron chi connectivity index (χ0n) is 13.7. The van der Waals surface area contributed by atoms with Gasteiger partial charge in [0.1, 0.15) is 0 Å². The molecule has 4 bridgehead atoms. The Bertz CT molecular complexity index is 640. The number of carbonyl (C=O) groups is 1. The topological polar surface area (TPSA) is 41.1 Å². The van der Waals surface area contributed by atoms with Crippen molar-refractivity contribution in [3.05, 3.63) is 28.7 Å². The molecule has 24 heavy (non-hydrogen) atoms. The lowest BCUT2D eigenvalue weighted by Crippen LogP contribution is -2.48. The van der Waals surface area contributed by atoms with Gasteiger partial charge in [0.2, 0.25) is 5.91 Å². The summed E-state index contributed by atoms with van der Waals surface area (Å²) in [6, 6.07) is 7.77. The Morgan fingerprint density at radius 1 is 1.17 bits per heavy atom. The third-order valence-electron chi connectivity index (χ3n) is 6.04. The summed E-state index contributed by atoms with van der Waals surface area (Å²) in [6.45, 7) is 0. The smallest absolute Gasteiger partial charge is 0.226 e. The SMILES string of the molecule is O=C(CC12CC3CC(CC(C3)C1)C2)NC(=S)Nc1cccc(Br)c1. The van der Waals surface area contributed by atoms with E-state index in [1.54, 1.807) is 0 Å². The molecule has 0 aromatic heterocycles. The molecule has 0 radical (unpaired) electrons. The highest BCUT2D eigenvalue weighted by Gasteiger charge is 2.51. The maximum atomic E-state index is 12.5. The minimum absolute atomic E-state index is 0.0736. The quantitative estimate of drug-likeness (QED) is 0.703. The van der Waals surface area contributed by atoms with Crippen LogP contribution in [0.1, 0.15) is 44.9 Å². The van der Waals surface area contributed by atoms with Gasteiger partial charge in [-0.05, 0) is 92.1 Å². The summed E-state index contributed by atoms with van der Waals surface area (Å²) in [7, 11) is 0. The summed E-state index contributed by atoms with van der Waals surface area (Å²) < 4.78 is 0.982. The zero-order valence-corrected chi connectivity index (χ0v) is 16.1. The Morgan fingerprint density at radius 2 is 1.79 bits per heavy atom. The Hall–Kier alpha value is -0.940. The van der Waals surface area contributed by atoms with Crippen molar-refractivity contribution < 1.29 is 4.79 Å². The van der Waals surface area contributed by atoms with Crippen LogP contribution in [0.25, 0.3) is 0 Å². The minimum atomic E-state index is 0.0736. The van der Waals surface area contributed by atoms with Crippen molar-refractivity contribution in [3.63, 3.8) is 0 Å². The molecule has 0 spiro atoms. The second-order valence-corrected chi connectivity index (χ2v) is 9.43. The zero-order chi connectivity index (χ0) is 16.7. The van der Waals surface area contributed by atoms with Crippen LogP contribution in [-0.4, -0.2) is 11.0 Å². The van der Waals surface area contributed by atoms with E-state index < -0.39 is 0 Å². The molecule has 0 atom stereocenters. The Morgan fingerprint density at radius 3 is 2.38 bits per heavy atom. The molecule has 1 aromatic rings. The molecular formula is C19H23BrN2OS. The summed E-state index contributed by atoms with van der Waals surface area (Å²) in [5, 5.41) is 6.37. The van der Waals surface area contributed by atoms with E-state index in [1.165, 1.54) is 38.5 Å². The van der Waals surface area contributed by atoms with Crippen molar-refractivity contribution in [1.82, 2.24) is 5.32 Å². The van der Waals surface area contributed by atoms with E-state index in [0.717, 1.165) is 27.9 Å². The van der Waals surface area contributed by atoms with Crippen LogP contribution in [-0.2, 0) is 4.79 Å². The third-order valence-corrected chi connectivity index (χ3v) is 6.73. The van der Waals surface area contributed by atoms with Crippen LogP contribution in [0.5, 0.6) is 0 Å². The lowest BCUT2D eigenvalue weighted by Gasteiger charge is -2.56. The molecule has 0 unspecified atom stereocenters. The van der Waals surface area contributed by atoms with E-state index in [0.29, 0.717) is 11.5 Å². The number of nitrogens with one attached hydrogen (secondary N) is 2. The number of amides is 1. The molecule has 4 saturated carbocycles. The van der Waals surface area contributed by atoms with Gasteiger partial charge in [0, 0.05) is 16.6 Å². The van der Waals surface area contributed by atoms with Crippen molar-refractivity contribution in [2.75, 3.05) is 5.32 Å². The van der Waals surface area contributed by atoms with Gasteiger partial charge in [-0.1, -0.05) is 22.0 Å². The van der Waals surface area contributed by atoms with Crippen LogP contribution < -0.4 is 10.6 Å². The molecule has 5 rings (SSSR count). The van der Waals surface area contributed by atoms with Gasteiger partial charge in [-0.2, -0.15) is 0 Å². The van der Waals surface area contributed by atoms with Gasteiger partial charge < -0.3 is 10.6 Å². The predicted octanol–water partition coefficient (Wildman–Crippen LogP) is 4.87. The second kappa shape index (κ2) is 6.41. The summed E-state index contributed by atoms with van der Waals surface area (Å²) >= 11 is 8.74. The van der Waals surface area contributed by atoms with Crippen LogP contribution in [0.15, 0.2) is 28.7 Å². The fourth-order valence-corrected chi connectivity index (χ4v) is 6.38. The molecule has 0 aliphatic heterocycles. The van der Waals surface area contributed by atoms with E-state index in [-0.39, 0.29) is 11.3 Å². The van der Waals surface area contributed by atoms with Gasteiger partial charge in [-0.15, -0.1) is 0 Å². The van der Waals surface area contributed by atoms with Crippen molar-refractivity contribution in [2.24, 2.45) is 23.2 Å². The lowest BCUT2D eigenvalue weighted by atomic mass is 9.49.